The smallest absolute Gasteiger partial charge is 0.266 e. The van der Waals surface area contributed by atoms with Crippen LogP contribution in [0.3, 0.4) is 0 Å². The largest absolute Gasteiger partial charge is 0.490 e. The molecule has 190 valence electrons. The number of rotatable bonds is 9. The number of carbonyl (C=O) groups is 2. The number of aryl methyl sites for hydroxylation is 3. The van der Waals surface area contributed by atoms with Crippen molar-refractivity contribution in [2.45, 2.75) is 27.7 Å². The summed E-state index contributed by atoms with van der Waals surface area (Å²) in [7, 11) is 0. The standard InChI is InChI=1S/C29H28ClN3O4/c1-5-36-26-15-21(13-22(16-31)29(35)32-23-9-6-18(2)7-10-23)14-24(30)28(26)37-17-27(34)33-25-11-8-19(3)12-20(25)4/h6-15H,5,17H2,1-4H3,(H,32,35)(H,33,34)/b22-13-. The lowest BCUT2D eigenvalue weighted by Gasteiger charge is -2.15. The second-order valence-electron chi connectivity index (χ2n) is 8.41. The molecule has 2 N–H and O–H groups in total. The molecule has 37 heavy (non-hydrogen) atoms. The van der Waals surface area contributed by atoms with Gasteiger partial charge in [0.15, 0.2) is 18.1 Å². The number of anilines is 2. The minimum atomic E-state index is -0.552. The van der Waals surface area contributed by atoms with Crippen LogP contribution >= 0.6 is 11.6 Å². The molecule has 0 bridgehead atoms. The molecule has 7 nitrogen and oxygen atoms in total. The van der Waals surface area contributed by atoms with Crippen molar-refractivity contribution in [2.75, 3.05) is 23.8 Å². The lowest BCUT2D eigenvalue weighted by molar-refractivity contribution is -0.118. The quantitative estimate of drug-likeness (QED) is 0.259. The number of nitrogens with zero attached hydrogens (tertiary/aromatic N) is 1. The Balaban J connectivity index is 1.77. The monoisotopic (exact) mass is 517 g/mol. The number of nitriles is 1. The van der Waals surface area contributed by atoms with Crippen molar-refractivity contribution >= 4 is 40.9 Å². The molecule has 0 aliphatic heterocycles. The Labute approximate surface area is 221 Å². The van der Waals surface area contributed by atoms with Crippen LogP contribution in [0.1, 0.15) is 29.2 Å². The fourth-order valence-corrected chi connectivity index (χ4v) is 3.78. The van der Waals surface area contributed by atoms with E-state index in [1.807, 2.05) is 57.2 Å². The highest BCUT2D eigenvalue weighted by molar-refractivity contribution is 6.32. The number of nitrogens with one attached hydrogen (secondary N) is 2. The second kappa shape index (κ2) is 12.6. The van der Waals surface area contributed by atoms with Gasteiger partial charge in [0.1, 0.15) is 11.6 Å². The molecule has 3 aromatic rings. The topological polar surface area (TPSA) is 100 Å². The molecule has 8 heteroatoms. The van der Waals surface area contributed by atoms with E-state index in [1.54, 1.807) is 25.1 Å². The number of halogens is 1. The van der Waals surface area contributed by atoms with Gasteiger partial charge >= 0.3 is 0 Å². The van der Waals surface area contributed by atoms with Gasteiger partial charge in [0.2, 0.25) is 0 Å². The Morgan fingerprint density at radius 3 is 2.32 bits per heavy atom. The number of ether oxygens (including phenoxy) is 2. The Kier molecular flexibility index (Phi) is 9.31. The molecule has 3 aromatic carbocycles. The van der Waals surface area contributed by atoms with Crippen LogP contribution in [0.5, 0.6) is 11.5 Å². The Morgan fingerprint density at radius 1 is 0.973 bits per heavy atom. The van der Waals surface area contributed by atoms with Crippen LogP contribution in [0.15, 0.2) is 60.2 Å². The van der Waals surface area contributed by atoms with Crippen LogP contribution in [0, 0.1) is 32.1 Å². The molecule has 0 aliphatic rings. The number of hydrogen-bond acceptors (Lipinski definition) is 5. The van der Waals surface area contributed by atoms with E-state index in [4.69, 9.17) is 21.1 Å². The molecule has 0 fully saturated rings. The minimum Gasteiger partial charge on any atom is -0.490 e. The zero-order valence-corrected chi connectivity index (χ0v) is 21.9. The second-order valence-corrected chi connectivity index (χ2v) is 8.82. The van der Waals surface area contributed by atoms with Crippen molar-refractivity contribution in [3.63, 3.8) is 0 Å². The van der Waals surface area contributed by atoms with E-state index in [-0.39, 0.29) is 34.6 Å². The summed E-state index contributed by atoms with van der Waals surface area (Å²) in [5.41, 5.74) is 4.73. The first-order valence-electron chi connectivity index (χ1n) is 11.7. The first kappa shape index (κ1) is 27.3. The van der Waals surface area contributed by atoms with Crippen molar-refractivity contribution in [3.8, 4) is 17.6 Å². The highest BCUT2D eigenvalue weighted by Crippen LogP contribution is 2.37. The van der Waals surface area contributed by atoms with Crippen molar-refractivity contribution in [1.82, 2.24) is 0 Å². The van der Waals surface area contributed by atoms with Crippen LogP contribution in [0.4, 0.5) is 11.4 Å². The summed E-state index contributed by atoms with van der Waals surface area (Å²) in [5.74, 6) is -0.423. The Hall–Kier alpha value is -4.28. The molecule has 3 rings (SSSR count). The number of carbonyl (C=O) groups excluding carboxylic acids is 2. The maximum atomic E-state index is 12.6. The number of amides is 2. The first-order chi connectivity index (χ1) is 17.7. The van der Waals surface area contributed by atoms with Gasteiger partial charge in [-0.05, 0) is 75.2 Å². The first-order valence-corrected chi connectivity index (χ1v) is 12.0. The fourth-order valence-electron chi connectivity index (χ4n) is 3.50. The van der Waals surface area contributed by atoms with Crippen molar-refractivity contribution in [2.24, 2.45) is 0 Å². The molecular weight excluding hydrogens is 490 g/mol. The predicted octanol–water partition coefficient (Wildman–Crippen LogP) is 6.23. The van der Waals surface area contributed by atoms with E-state index in [0.717, 1.165) is 16.7 Å². The normalized spacial score (nSPS) is 10.9. The van der Waals surface area contributed by atoms with E-state index in [0.29, 0.717) is 23.5 Å². The highest BCUT2D eigenvalue weighted by atomic mass is 35.5. The van der Waals surface area contributed by atoms with E-state index in [9.17, 15) is 14.9 Å². The maximum absolute atomic E-state index is 12.6. The van der Waals surface area contributed by atoms with Crippen molar-refractivity contribution in [1.29, 1.82) is 5.26 Å². The fraction of sp³-hybridized carbons (Fsp3) is 0.207. The summed E-state index contributed by atoms with van der Waals surface area (Å²) in [6.07, 6.45) is 1.41. The van der Waals surface area contributed by atoms with Gasteiger partial charge in [-0.15, -0.1) is 0 Å². The summed E-state index contributed by atoms with van der Waals surface area (Å²) in [6, 6.07) is 18.0. The summed E-state index contributed by atoms with van der Waals surface area (Å²) in [4.78, 5) is 25.1. The zero-order chi connectivity index (χ0) is 26.9. The van der Waals surface area contributed by atoms with Crippen LogP contribution < -0.4 is 20.1 Å². The summed E-state index contributed by atoms with van der Waals surface area (Å²) in [5, 5.41) is 15.3. The van der Waals surface area contributed by atoms with Gasteiger partial charge < -0.3 is 20.1 Å². The van der Waals surface area contributed by atoms with E-state index in [2.05, 4.69) is 10.6 Å². The van der Waals surface area contributed by atoms with Gasteiger partial charge in [-0.3, -0.25) is 9.59 Å². The molecule has 0 aromatic heterocycles. The molecule has 0 unspecified atom stereocenters. The Bertz CT molecular complexity index is 1380. The molecule has 2 amide bonds. The SMILES string of the molecule is CCOc1cc(/C=C(/C#N)C(=O)Nc2ccc(C)cc2)cc(Cl)c1OCC(=O)Nc1ccc(C)cc1C. The number of benzene rings is 3. The van der Waals surface area contributed by atoms with E-state index < -0.39 is 5.91 Å². The third-order valence-corrected chi connectivity index (χ3v) is 5.60. The van der Waals surface area contributed by atoms with E-state index in [1.165, 1.54) is 12.1 Å². The molecule has 0 heterocycles. The van der Waals surface area contributed by atoms with Gasteiger partial charge in [-0.1, -0.05) is 47.0 Å². The third kappa shape index (κ3) is 7.60. The lowest BCUT2D eigenvalue weighted by atomic mass is 10.1. The highest BCUT2D eigenvalue weighted by Gasteiger charge is 2.16. The zero-order valence-electron chi connectivity index (χ0n) is 21.1. The van der Waals surface area contributed by atoms with Gasteiger partial charge in [0.05, 0.1) is 11.6 Å². The Morgan fingerprint density at radius 2 is 1.68 bits per heavy atom. The number of hydrogen-bond donors (Lipinski definition) is 2. The third-order valence-electron chi connectivity index (χ3n) is 5.32. The van der Waals surface area contributed by atoms with Gasteiger partial charge in [0, 0.05) is 11.4 Å². The van der Waals surface area contributed by atoms with Crippen LogP contribution in [-0.2, 0) is 9.59 Å². The van der Waals surface area contributed by atoms with Crippen LogP contribution in [0.25, 0.3) is 6.08 Å². The summed E-state index contributed by atoms with van der Waals surface area (Å²) in [6.45, 7) is 7.65. The molecule has 0 radical (unpaired) electrons. The summed E-state index contributed by atoms with van der Waals surface area (Å²) < 4.78 is 11.4. The average Bonchev–Trinajstić information content (AvgIpc) is 2.85. The van der Waals surface area contributed by atoms with Gasteiger partial charge in [0.25, 0.3) is 11.8 Å². The molecule has 0 saturated heterocycles. The molecule has 0 spiro atoms. The van der Waals surface area contributed by atoms with Gasteiger partial charge in [-0.2, -0.15) is 5.26 Å². The van der Waals surface area contributed by atoms with Gasteiger partial charge in [-0.25, -0.2) is 0 Å². The lowest BCUT2D eigenvalue weighted by Crippen LogP contribution is -2.21. The van der Waals surface area contributed by atoms with E-state index >= 15 is 0 Å². The molecule has 0 atom stereocenters. The van der Waals surface area contributed by atoms with Crippen molar-refractivity contribution < 1.29 is 19.1 Å². The average molecular weight is 518 g/mol. The molecular formula is C29H28ClN3O4. The molecule has 0 aliphatic carbocycles. The van der Waals surface area contributed by atoms with Crippen molar-refractivity contribution in [3.05, 3.63) is 87.4 Å². The maximum Gasteiger partial charge on any atom is 0.266 e. The van der Waals surface area contributed by atoms with Crippen LogP contribution in [0.2, 0.25) is 5.02 Å². The summed E-state index contributed by atoms with van der Waals surface area (Å²) >= 11 is 6.46. The minimum absolute atomic E-state index is 0.111. The molecule has 0 saturated carbocycles. The van der Waals surface area contributed by atoms with Crippen LogP contribution in [-0.4, -0.2) is 25.0 Å². The predicted molar refractivity (Wildman–Crippen MR) is 146 cm³/mol.